The van der Waals surface area contributed by atoms with E-state index in [-0.39, 0.29) is 0 Å². The zero-order chi connectivity index (χ0) is 21.9. The second kappa shape index (κ2) is 6.05. The summed E-state index contributed by atoms with van der Waals surface area (Å²) < 4.78 is 183. The minimum Gasteiger partial charge on any atom is -0.354 e. The average Bonchev–Trinajstić information content (AvgIpc) is 2.44. The van der Waals surface area contributed by atoms with E-state index in [1.807, 2.05) is 0 Å². The fourth-order valence-corrected chi connectivity index (χ4v) is 1.78. The van der Waals surface area contributed by atoms with Gasteiger partial charge in [0, 0.05) is 0 Å². The molecule has 1 unspecified atom stereocenters. The molecule has 0 saturated carbocycles. The average molecular weight is 437 g/mol. The van der Waals surface area contributed by atoms with Crippen molar-refractivity contribution in [1.29, 1.82) is 0 Å². The van der Waals surface area contributed by atoms with E-state index in [1.165, 1.54) is 0 Å². The van der Waals surface area contributed by atoms with Crippen molar-refractivity contribution < 1.29 is 71.3 Å². The maximum absolute atomic E-state index is 13.7. The molecule has 0 aromatic rings. The van der Waals surface area contributed by atoms with Crippen LogP contribution in [0.15, 0.2) is 4.99 Å². The summed E-state index contributed by atoms with van der Waals surface area (Å²) in [7, 11) is 0. The molecule has 160 valence electrons. The first-order chi connectivity index (χ1) is 11.6. The Bertz CT molecular complexity index is 606. The van der Waals surface area contributed by atoms with Gasteiger partial charge in [-0.1, -0.05) is 0 Å². The van der Waals surface area contributed by atoms with Gasteiger partial charge in [0.1, 0.15) is 0 Å². The van der Waals surface area contributed by atoms with Gasteiger partial charge in [-0.05, 0) is 0 Å². The topological polar surface area (TPSA) is 41.8 Å². The summed E-state index contributed by atoms with van der Waals surface area (Å²) in [5.41, 5.74) is -3.60. The van der Waals surface area contributed by atoms with Gasteiger partial charge in [0.05, 0.1) is 13.2 Å². The third-order valence-electron chi connectivity index (χ3n) is 3.21. The van der Waals surface area contributed by atoms with E-state index in [1.54, 1.807) is 0 Å². The lowest BCUT2D eigenvalue weighted by Gasteiger charge is -2.42. The second-order valence-corrected chi connectivity index (χ2v) is 5.02. The van der Waals surface area contributed by atoms with Gasteiger partial charge < -0.3 is 9.84 Å². The minimum atomic E-state index is -7.95. The molecule has 17 heteroatoms. The summed E-state index contributed by atoms with van der Waals surface area (Å²) >= 11 is 0. The molecule has 3 nitrogen and oxygen atoms in total. The number of hydrogen-bond donors (Lipinski definition) is 1. The molecule has 1 aliphatic heterocycles. The Hall–Kier alpha value is -1.39. The zero-order valence-corrected chi connectivity index (χ0v) is 12.0. The molecule has 1 N–H and O–H groups in total. The Morgan fingerprint density at radius 1 is 0.741 bits per heavy atom. The SMILES string of the molecule is OC1(C(F)(F)F)OCCN=C1C(F)(F)C(F)(F)C(F)(F)C(F)(F)C(F)(F)F. The van der Waals surface area contributed by atoms with E-state index in [4.69, 9.17) is 5.11 Å². The molecule has 0 radical (unpaired) electrons. The highest BCUT2D eigenvalue weighted by molar-refractivity contribution is 5.99. The number of hydrogen-bond acceptors (Lipinski definition) is 3. The normalized spacial score (nSPS) is 24.0. The Morgan fingerprint density at radius 2 is 1.19 bits per heavy atom. The van der Waals surface area contributed by atoms with Crippen LogP contribution < -0.4 is 0 Å². The molecule has 0 spiro atoms. The first-order valence-corrected chi connectivity index (χ1v) is 6.15. The maximum atomic E-state index is 13.7. The third-order valence-corrected chi connectivity index (χ3v) is 3.21. The predicted molar refractivity (Wildman–Crippen MR) is 55.1 cm³/mol. The number of ether oxygens (including phenoxy) is 1. The van der Waals surface area contributed by atoms with Crippen LogP contribution in [-0.2, 0) is 4.74 Å². The molecule has 1 rings (SSSR count). The van der Waals surface area contributed by atoms with Crippen LogP contribution in [0.4, 0.5) is 61.5 Å². The molecule has 0 saturated heterocycles. The molecule has 0 amide bonds. The second-order valence-electron chi connectivity index (χ2n) is 5.02. The van der Waals surface area contributed by atoms with E-state index in [0.717, 1.165) is 0 Å². The lowest BCUT2D eigenvalue weighted by Crippen LogP contribution is -2.72. The van der Waals surface area contributed by atoms with Crippen LogP contribution in [0.25, 0.3) is 0 Å². The van der Waals surface area contributed by atoms with Crippen molar-refractivity contribution in [2.45, 2.75) is 41.8 Å². The summed E-state index contributed by atoms with van der Waals surface area (Å²) in [4.78, 5) is 2.08. The highest BCUT2D eigenvalue weighted by atomic mass is 19.4. The summed E-state index contributed by atoms with van der Waals surface area (Å²) in [6.45, 7) is -2.71. The highest BCUT2D eigenvalue weighted by Crippen LogP contribution is 2.58. The van der Waals surface area contributed by atoms with Crippen molar-refractivity contribution in [1.82, 2.24) is 0 Å². The monoisotopic (exact) mass is 437 g/mol. The summed E-state index contributed by atoms with van der Waals surface area (Å²) in [6, 6.07) is 0. The number of alkyl halides is 14. The smallest absolute Gasteiger partial charge is 0.354 e. The minimum absolute atomic E-state index is 1.35. The van der Waals surface area contributed by atoms with Crippen LogP contribution in [0.2, 0.25) is 0 Å². The van der Waals surface area contributed by atoms with Crippen molar-refractivity contribution in [3.63, 3.8) is 0 Å². The van der Waals surface area contributed by atoms with Gasteiger partial charge in [-0.2, -0.15) is 61.5 Å². The summed E-state index contributed by atoms with van der Waals surface area (Å²) in [5.74, 6) is -36.1. The molecular weight excluding hydrogens is 432 g/mol. The number of aliphatic hydroxyl groups is 1. The van der Waals surface area contributed by atoms with Gasteiger partial charge in [0.25, 0.3) is 0 Å². The Morgan fingerprint density at radius 3 is 1.56 bits per heavy atom. The first kappa shape index (κ1) is 23.6. The van der Waals surface area contributed by atoms with Gasteiger partial charge in [-0.3, -0.25) is 4.99 Å². The molecule has 0 bridgehead atoms. The summed E-state index contributed by atoms with van der Waals surface area (Å²) in [5, 5.41) is 9.05. The number of nitrogens with zero attached hydrogens (tertiary/aromatic N) is 1. The Kier molecular flexibility index (Phi) is 5.30. The van der Waals surface area contributed by atoms with Gasteiger partial charge in [0.15, 0.2) is 5.71 Å². The van der Waals surface area contributed by atoms with E-state index in [9.17, 15) is 61.5 Å². The van der Waals surface area contributed by atoms with Crippen LogP contribution in [0, 0.1) is 0 Å². The van der Waals surface area contributed by atoms with Crippen LogP contribution >= 0.6 is 0 Å². The molecular formula is C10H5F14NO2. The fraction of sp³-hybridized carbons (Fsp3) is 0.900. The quantitative estimate of drug-likeness (QED) is 0.680. The van der Waals surface area contributed by atoms with Crippen LogP contribution in [-0.4, -0.2) is 65.8 Å². The lowest BCUT2D eigenvalue weighted by atomic mass is 9.90. The van der Waals surface area contributed by atoms with E-state index in [2.05, 4.69) is 9.73 Å². The fourth-order valence-electron chi connectivity index (χ4n) is 1.78. The molecule has 0 aliphatic carbocycles. The summed E-state index contributed by atoms with van der Waals surface area (Å²) in [6.07, 6.45) is -13.9. The van der Waals surface area contributed by atoms with E-state index >= 15 is 0 Å². The molecule has 27 heavy (non-hydrogen) atoms. The van der Waals surface area contributed by atoms with Crippen LogP contribution in [0.1, 0.15) is 0 Å². The highest BCUT2D eigenvalue weighted by Gasteiger charge is 2.89. The van der Waals surface area contributed by atoms with E-state index < -0.39 is 60.7 Å². The number of rotatable bonds is 4. The van der Waals surface area contributed by atoms with Crippen molar-refractivity contribution in [3.8, 4) is 0 Å². The molecule has 0 aromatic heterocycles. The zero-order valence-electron chi connectivity index (χ0n) is 12.0. The standard InChI is InChI=1S/C10H5F14NO2/c11-4(12,3-5(26,9(19,20)21)27-2-1-25-3)6(13,14)7(15,16)8(17,18)10(22,23)24/h26H,1-2H2. The number of aliphatic imine (C=N–C) groups is 1. The molecule has 1 heterocycles. The van der Waals surface area contributed by atoms with Gasteiger partial charge in [-0.25, -0.2) is 0 Å². The third kappa shape index (κ3) is 3.11. The van der Waals surface area contributed by atoms with Crippen molar-refractivity contribution in [2.75, 3.05) is 13.2 Å². The lowest BCUT2D eigenvalue weighted by molar-refractivity contribution is -0.417. The van der Waals surface area contributed by atoms with Crippen molar-refractivity contribution in [3.05, 3.63) is 0 Å². The van der Waals surface area contributed by atoms with Gasteiger partial charge in [0.2, 0.25) is 0 Å². The predicted octanol–water partition coefficient (Wildman–Crippen LogP) is 3.81. The largest absolute Gasteiger partial charge is 0.460 e. The van der Waals surface area contributed by atoms with Crippen molar-refractivity contribution in [2.24, 2.45) is 4.99 Å². The van der Waals surface area contributed by atoms with Gasteiger partial charge >= 0.3 is 41.8 Å². The van der Waals surface area contributed by atoms with Gasteiger partial charge in [-0.15, -0.1) is 0 Å². The molecule has 1 atom stereocenters. The number of halogens is 14. The Labute approximate surface area is 138 Å². The van der Waals surface area contributed by atoms with Crippen LogP contribution in [0.3, 0.4) is 0 Å². The molecule has 1 aliphatic rings. The first-order valence-electron chi connectivity index (χ1n) is 6.15. The Balaban J connectivity index is 3.63. The van der Waals surface area contributed by atoms with Crippen LogP contribution in [0.5, 0.6) is 0 Å². The molecule has 0 aromatic carbocycles. The van der Waals surface area contributed by atoms with E-state index in [0.29, 0.717) is 0 Å². The molecule has 0 fully saturated rings. The maximum Gasteiger partial charge on any atom is 0.460 e. The van der Waals surface area contributed by atoms with Crippen molar-refractivity contribution >= 4 is 5.71 Å².